The zero-order chi connectivity index (χ0) is 31.5. The van der Waals surface area contributed by atoms with E-state index in [-0.39, 0.29) is 25.5 Å². The van der Waals surface area contributed by atoms with Crippen molar-refractivity contribution in [3.05, 3.63) is 115 Å². The molecular formula is C40H44GeIrN2O-2. The standard InChI is InChI=1S/C22H20NO.C18H24GeN.Ir/c1-22(2,3)14-15-11-12-23-19(13-15)18-9-6-8-17-16-7-4-5-10-20(16)24-21(17)18;1-14(2)11-16-12-18(15-9-7-6-8-10-15)20-13-17(16)19(3,4)5;/h4-8,10-13H,14H2,1-3H3;6-9,12-14H,11H2,1-5H3;/q2*-1;. The Morgan fingerprint density at radius 2 is 1.58 bits per heavy atom. The number of nitrogens with zero attached hydrogens (tertiary/aromatic N) is 2. The fourth-order valence-corrected chi connectivity index (χ4v) is 9.03. The molecule has 0 N–H and O–H groups in total. The molecule has 0 bridgehead atoms. The van der Waals surface area contributed by atoms with E-state index in [1.165, 1.54) is 11.1 Å². The molecule has 3 heterocycles. The molecule has 0 saturated heterocycles. The Kier molecular flexibility index (Phi) is 11.3. The summed E-state index contributed by atoms with van der Waals surface area (Å²) in [6, 6.07) is 33.4. The fourth-order valence-electron chi connectivity index (χ4n) is 5.70. The minimum Gasteiger partial charge on any atom is 0 e. The van der Waals surface area contributed by atoms with Gasteiger partial charge in [0.25, 0.3) is 0 Å². The third-order valence-electron chi connectivity index (χ3n) is 7.56. The van der Waals surface area contributed by atoms with Crippen molar-refractivity contribution in [2.75, 3.05) is 0 Å². The van der Waals surface area contributed by atoms with E-state index in [0.717, 1.165) is 57.3 Å². The first-order valence-corrected chi connectivity index (χ1v) is 23.0. The molecule has 0 aliphatic rings. The normalized spacial score (nSPS) is 11.8. The van der Waals surface area contributed by atoms with Crippen molar-refractivity contribution in [3.63, 3.8) is 0 Å². The van der Waals surface area contributed by atoms with Crippen LogP contribution < -0.4 is 4.40 Å². The average Bonchev–Trinajstić information content (AvgIpc) is 3.35. The molecule has 0 aliphatic carbocycles. The quantitative estimate of drug-likeness (QED) is 0.124. The summed E-state index contributed by atoms with van der Waals surface area (Å²) in [4.78, 5) is 9.27. The number of hydrogen-bond donors (Lipinski definition) is 0. The second-order valence-corrected chi connectivity index (χ2v) is 24.9. The average molecular weight is 834 g/mol. The summed E-state index contributed by atoms with van der Waals surface area (Å²) in [5.41, 5.74) is 8.78. The van der Waals surface area contributed by atoms with Gasteiger partial charge < -0.3 is 9.40 Å². The Hall–Kier alpha value is -3.05. The molecule has 0 unspecified atom stereocenters. The van der Waals surface area contributed by atoms with Gasteiger partial charge in [0.15, 0.2) is 0 Å². The van der Waals surface area contributed by atoms with Gasteiger partial charge in [0.1, 0.15) is 5.58 Å². The van der Waals surface area contributed by atoms with Crippen molar-refractivity contribution in [2.24, 2.45) is 11.3 Å². The van der Waals surface area contributed by atoms with Crippen LogP contribution in [0.1, 0.15) is 45.7 Å². The second-order valence-electron chi connectivity index (χ2n) is 14.3. The van der Waals surface area contributed by atoms with Gasteiger partial charge in [0, 0.05) is 31.7 Å². The van der Waals surface area contributed by atoms with Crippen molar-refractivity contribution in [3.8, 4) is 22.5 Å². The minimum atomic E-state index is -1.86. The van der Waals surface area contributed by atoms with Crippen molar-refractivity contribution in [2.45, 2.75) is 64.7 Å². The van der Waals surface area contributed by atoms with Crippen LogP contribution >= 0.6 is 0 Å². The summed E-state index contributed by atoms with van der Waals surface area (Å²) in [5.74, 6) is 7.99. The van der Waals surface area contributed by atoms with E-state index in [4.69, 9.17) is 9.40 Å². The van der Waals surface area contributed by atoms with Crippen LogP contribution in [0.4, 0.5) is 0 Å². The molecule has 45 heavy (non-hydrogen) atoms. The van der Waals surface area contributed by atoms with Crippen LogP contribution in [0.25, 0.3) is 44.5 Å². The van der Waals surface area contributed by atoms with Gasteiger partial charge in [-0.15, -0.1) is 18.2 Å². The number of fused-ring (bicyclic) bond motifs is 3. The number of hydrogen-bond acceptors (Lipinski definition) is 3. The van der Waals surface area contributed by atoms with Crippen molar-refractivity contribution < 1.29 is 24.5 Å². The molecule has 0 fully saturated rings. The predicted molar refractivity (Wildman–Crippen MR) is 189 cm³/mol. The van der Waals surface area contributed by atoms with Crippen molar-refractivity contribution in [1.82, 2.24) is 9.97 Å². The van der Waals surface area contributed by atoms with Crippen LogP contribution in [0.15, 0.2) is 95.7 Å². The monoisotopic (exact) mass is 835 g/mol. The molecule has 0 amide bonds. The molecule has 0 saturated carbocycles. The fraction of sp³-hybridized carbons (Fsp3) is 0.300. The van der Waals surface area contributed by atoms with Crippen LogP contribution in [0, 0.1) is 23.5 Å². The first-order valence-electron chi connectivity index (χ1n) is 15.6. The largest absolute Gasteiger partial charge is 0 e. The topological polar surface area (TPSA) is 38.9 Å². The maximum atomic E-state index is 6.11. The maximum absolute atomic E-state index is 6.11. The summed E-state index contributed by atoms with van der Waals surface area (Å²) in [6.07, 6.45) is 6.17. The molecule has 3 aromatic carbocycles. The number of para-hydroxylation sites is 1. The summed E-state index contributed by atoms with van der Waals surface area (Å²) >= 11 is -1.86. The Bertz CT molecular complexity index is 1860. The van der Waals surface area contributed by atoms with Crippen LogP contribution in [-0.4, -0.2) is 23.2 Å². The third-order valence-corrected chi connectivity index (χ3v) is 11.9. The first kappa shape index (κ1) is 34.8. The minimum absolute atomic E-state index is 0. The van der Waals surface area contributed by atoms with Gasteiger partial charge >= 0.3 is 126 Å². The molecule has 235 valence electrons. The summed E-state index contributed by atoms with van der Waals surface area (Å²) in [6.45, 7) is 11.3. The Morgan fingerprint density at radius 3 is 2.27 bits per heavy atom. The van der Waals surface area contributed by atoms with Crippen LogP contribution in [0.2, 0.25) is 17.3 Å². The molecule has 5 heteroatoms. The third kappa shape index (κ3) is 8.82. The molecule has 6 rings (SSSR count). The van der Waals surface area contributed by atoms with Gasteiger partial charge in [0.05, 0.1) is 5.58 Å². The Morgan fingerprint density at radius 1 is 0.822 bits per heavy atom. The zero-order valence-corrected chi connectivity index (χ0v) is 32.3. The van der Waals surface area contributed by atoms with E-state index in [1.54, 1.807) is 4.40 Å². The van der Waals surface area contributed by atoms with E-state index in [1.807, 2.05) is 48.7 Å². The van der Waals surface area contributed by atoms with Crippen LogP contribution in [0.5, 0.6) is 0 Å². The molecule has 6 aromatic rings. The van der Waals surface area contributed by atoms with E-state index in [9.17, 15) is 0 Å². The second kappa shape index (κ2) is 14.6. The number of pyridine rings is 2. The van der Waals surface area contributed by atoms with Gasteiger partial charge in [0.2, 0.25) is 0 Å². The predicted octanol–water partition coefficient (Wildman–Crippen LogP) is 10.3. The zero-order valence-electron chi connectivity index (χ0n) is 27.8. The Balaban J connectivity index is 0.000000204. The molecule has 0 atom stereocenters. The van der Waals surface area contributed by atoms with Gasteiger partial charge in [-0.2, -0.15) is 0 Å². The van der Waals surface area contributed by atoms with E-state index in [0.29, 0.717) is 5.92 Å². The molecule has 3 nitrogen and oxygen atoms in total. The number of rotatable bonds is 6. The Labute approximate surface area is 285 Å². The molecule has 3 aromatic heterocycles. The van der Waals surface area contributed by atoms with E-state index in [2.05, 4.69) is 112 Å². The van der Waals surface area contributed by atoms with E-state index < -0.39 is 13.3 Å². The molecule has 0 spiro atoms. The van der Waals surface area contributed by atoms with Crippen molar-refractivity contribution in [1.29, 1.82) is 0 Å². The summed E-state index contributed by atoms with van der Waals surface area (Å²) in [7, 11) is 0. The smallest absolute Gasteiger partial charge is 0 e. The van der Waals surface area contributed by atoms with Crippen molar-refractivity contribution >= 4 is 39.6 Å². The molecule has 0 aliphatic heterocycles. The molecular weight excluding hydrogens is 789 g/mol. The SMILES string of the molecule is CC(C)(C)Cc1ccnc(-c2[c-]ccc3c2oc2ccccc23)c1.CC(C)Cc1cc(-c2[c-]cccc2)nc[c]1[Ge]([CH3])([CH3])[CH3].[Ir]. The summed E-state index contributed by atoms with van der Waals surface area (Å²) < 4.78 is 7.65. The number of aromatic nitrogens is 2. The maximum Gasteiger partial charge on any atom is 0 e. The van der Waals surface area contributed by atoms with Gasteiger partial charge in [-0.3, -0.25) is 0 Å². The van der Waals surface area contributed by atoms with Gasteiger partial charge in [-0.1, -0.05) is 61.5 Å². The van der Waals surface area contributed by atoms with Gasteiger partial charge in [-0.25, -0.2) is 0 Å². The number of benzene rings is 3. The van der Waals surface area contributed by atoms with E-state index >= 15 is 0 Å². The van der Waals surface area contributed by atoms with Crippen LogP contribution in [-0.2, 0) is 32.9 Å². The first-order chi connectivity index (χ1) is 20.9. The van der Waals surface area contributed by atoms with Crippen LogP contribution in [0.3, 0.4) is 0 Å². The number of furan rings is 1. The summed E-state index contributed by atoms with van der Waals surface area (Å²) in [5, 5.41) is 2.25. The molecule has 1 radical (unpaired) electrons. The van der Waals surface area contributed by atoms with Gasteiger partial charge in [-0.05, 0) is 29.7 Å².